The Kier molecular flexibility index (Phi) is 8.27. The summed E-state index contributed by atoms with van der Waals surface area (Å²) >= 11 is 0. The Morgan fingerprint density at radius 3 is 2.47 bits per heavy atom. The van der Waals surface area contributed by atoms with Crippen molar-refractivity contribution in [1.29, 1.82) is 0 Å². The summed E-state index contributed by atoms with van der Waals surface area (Å²) in [5.41, 5.74) is 0.527. The molecule has 192 valence electrons. The second-order valence-electron chi connectivity index (χ2n) is 8.33. The van der Waals surface area contributed by atoms with E-state index in [2.05, 4.69) is 34.0 Å². The molecule has 0 radical (unpaired) electrons. The molecule has 1 saturated heterocycles. The number of rotatable bonds is 10. The van der Waals surface area contributed by atoms with Gasteiger partial charge >= 0.3 is 6.18 Å². The van der Waals surface area contributed by atoms with E-state index in [1.807, 2.05) is 30.3 Å². The van der Waals surface area contributed by atoms with Crippen LogP contribution >= 0.6 is 0 Å². The summed E-state index contributed by atoms with van der Waals surface area (Å²) in [5.74, 6) is 0.427. The largest absolute Gasteiger partial charge is 0.492 e. The van der Waals surface area contributed by atoms with E-state index in [1.165, 1.54) is 5.06 Å². The number of likely N-dealkylation sites (N-methyl/N-ethyl adjacent to an activating group) is 1. The summed E-state index contributed by atoms with van der Waals surface area (Å²) in [6.45, 7) is 7.83. The molecule has 10 heteroatoms. The van der Waals surface area contributed by atoms with Crippen molar-refractivity contribution in [2.24, 2.45) is 0 Å². The van der Waals surface area contributed by atoms with Crippen molar-refractivity contribution in [3.05, 3.63) is 71.9 Å². The van der Waals surface area contributed by atoms with Crippen LogP contribution in [-0.4, -0.2) is 47.7 Å². The number of nitrogens with one attached hydrogen (secondary N) is 1. The second-order valence-corrected chi connectivity index (χ2v) is 8.33. The van der Waals surface area contributed by atoms with Crippen LogP contribution in [-0.2, 0) is 11.0 Å². The molecule has 1 atom stereocenters. The monoisotopic (exact) mass is 501 g/mol. The summed E-state index contributed by atoms with van der Waals surface area (Å²) in [4.78, 5) is 16.0. The minimum atomic E-state index is -4.63. The van der Waals surface area contributed by atoms with E-state index in [0.29, 0.717) is 31.1 Å². The van der Waals surface area contributed by atoms with E-state index in [4.69, 9.17) is 9.57 Å². The van der Waals surface area contributed by atoms with Crippen molar-refractivity contribution in [3.63, 3.8) is 0 Å². The van der Waals surface area contributed by atoms with Crippen molar-refractivity contribution in [3.8, 4) is 5.75 Å². The van der Waals surface area contributed by atoms with Crippen LogP contribution in [0.25, 0.3) is 0 Å². The van der Waals surface area contributed by atoms with Gasteiger partial charge in [0.1, 0.15) is 17.9 Å². The van der Waals surface area contributed by atoms with E-state index in [9.17, 15) is 13.2 Å². The summed E-state index contributed by atoms with van der Waals surface area (Å²) in [6, 6.07) is 16.0. The van der Waals surface area contributed by atoms with Crippen molar-refractivity contribution in [1.82, 2.24) is 14.9 Å². The number of hydrogen-bond donors (Lipinski definition) is 1. The van der Waals surface area contributed by atoms with E-state index in [0.717, 1.165) is 31.4 Å². The van der Waals surface area contributed by atoms with Gasteiger partial charge in [-0.1, -0.05) is 44.2 Å². The quantitative estimate of drug-likeness (QED) is 0.374. The lowest BCUT2D eigenvalue weighted by molar-refractivity contribution is -0.138. The van der Waals surface area contributed by atoms with Gasteiger partial charge in [-0.05, 0) is 42.9 Å². The highest BCUT2D eigenvalue weighted by atomic mass is 19.4. The van der Waals surface area contributed by atoms with Crippen molar-refractivity contribution in [2.45, 2.75) is 32.5 Å². The Labute approximate surface area is 208 Å². The summed E-state index contributed by atoms with van der Waals surface area (Å²) < 4.78 is 47.3. The predicted molar refractivity (Wildman–Crippen MR) is 132 cm³/mol. The zero-order valence-electron chi connectivity index (χ0n) is 20.3. The van der Waals surface area contributed by atoms with E-state index >= 15 is 0 Å². The molecule has 0 spiro atoms. The third kappa shape index (κ3) is 6.24. The molecule has 3 aromatic rings. The molecule has 36 heavy (non-hydrogen) atoms. The first-order valence-corrected chi connectivity index (χ1v) is 12.0. The molecule has 0 amide bonds. The molecule has 1 N–H and O–H groups in total. The lowest BCUT2D eigenvalue weighted by atomic mass is 10.0. The van der Waals surface area contributed by atoms with Crippen molar-refractivity contribution < 1.29 is 22.7 Å². The standard InChI is InChI=1S/C26H30F3N5O2/c1-3-33(4-2)15-17-35-21-12-10-20(11-13-21)31-25-30-18-22(26(27,28)29)24(32-25)34-23(14-16-36-34)19-8-6-5-7-9-19/h5-13,18,23H,3-4,14-17H2,1-2H3,(H,30,31,32)/t23-/m0/s1. The van der Waals surface area contributed by atoms with Crippen LogP contribution in [0.1, 0.15) is 37.4 Å². The summed E-state index contributed by atoms with van der Waals surface area (Å²) in [7, 11) is 0. The SMILES string of the molecule is CCN(CC)CCOc1ccc(Nc2ncc(C(F)(F)F)c(N3OCC[C@H]3c3ccccc3)n2)cc1. The number of hydroxylamine groups is 1. The van der Waals surface area contributed by atoms with Gasteiger partial charge in [0.15, 0.2) is 5.82 Å². The van der Waals surface area contributed by atoms with Crippen LogP contribution in [0.15, 0.2) is 60.8 Å². The Bertz CT molecular complexity index is 1110. The predicted octanol–water partition coefficient (Wildman–Crippen LogP) is 5.84. The second kappa shape index (κ2) is 11.6. The molecule has 7 nitrogen and oxygen atoms in total. The number of halogens is 3. The van der Waals surface area contributed by atoms with Gasteiger partial charge in [-0.15, -0.1) is 0 Å². The van der Waals surface area contributed by atoms with Gasteiger partial charge in [-0.2, -0.15) is 18.2 Å². The van der Waals surface area contributed by atoms with Gasteiger partial charge in [0.25, 0.3) is 0 Å². The molecule has 1 fully saturated rings. The average Bonchev–Trinajstić information content (AvgIpc) is 3.37. The van der Waals surface area contributed by atoms with Crippen LogP contribution < -0.4 is 15.1 Å². The van der Waals surface area contributed by atoms with Crippen LogP contribution in [0, 0.1) is 0 Å². The molecular formula is C26H30F3N5O2. The van der Waals surface area contributed by atoms with Crippen LogP contribution in [0.3, 0.4) is 0 Å². The lowest BCUT2D eigenvalue weighted by Crippen LogP contribution is -2.27. The number of benzene rings is 2. The lowest BCUT2D eigenvalue weighted by Gasteiger charge is -2.26. The molecule has 2 aromatic carbocycles. The molecule has 0 aliphatic carbocycles. The maximum atomic E-state index is 13.8. The number of alkyl halides is 3. The van der Waals surface area contributed by atoms with Crippen molar-refractivity contribution >= 4 is 17.5 Å². The zero-order valence-corrected chi connectivity index (χ0v) is 20.3. The Balaban J connectivity index is 1.51. The van der Waals surface area contributed by atoms with Crippen LogP contribution in [0.4, 0.5) is 30.6 Å². The normalized spacial score (nSPS) is 15.9. The maximum absolute atomic E-state index is 13.8. The fourth-order valence-corrected chi connectivity index (χ4v) is 4.05. The molecule has 0 unspecified atom stereocenters. The van der Waals surface area contributed by atoms with Gasteiger partial charge < -0.3 is 15.0 Å². The van der Waals surface area contributed by atoms with Gasteiger partial charge in [0, 0.05) is 24.8 Å². The molecule has 4 rings (SSSR count). The van der Waals surface area contributed by atoms with E-state index in [1.54, 1.807) is 24.3 Å². The van der Waals surface area contributed by atoms with E-state index < -0.39 is 11.7 Å². The summed E-state index contributed by atoms with van der Waals surface area (Å²) in [5, 5.41) is 4.23. The highest BCUT2D eigenvalue weighted by molar-refractivity contribution is 5.58. The fraction of sp³-hybridized carbons (Fsp3) is 0.385. The first-order valence-electron chi connectivity index (χ1n) is 12.0. The van der Waals surface area contributed by atoms with Gasteiger partial charge in [-0.25, -0.2) is 10.0 Å². The molecular weight excluding hydrogens is 471 g/mol. The number of hydrogen-bond acceptors (Lipinski definition) is 7. The zero-order chi connectivity index (χ0) is 25.5. The molecule has 1 aliphatic heterocycles. The first kappa shape index (κ1) is 25.7. The minimum absolute atomic E-state index is 0.0375. The highest BCUT2D eigenvalue weighted by Gasteiger charge is 2.40. The molecule has 0 bridgehead atoms. The Hall–Kier alpha value is -3.37. The Morgan fingerprint density at radius 2 is 1.81 bits per heavy atom. The van der Waals surface area contributed by atoms with Crippen molar-refractivity contribution in [2.75, 3.05) is 43.2 Å². The maximum Gasteiger partial charge on any atom is 0.421 e. The molecule has 1 aromatic heterocycles. The number of anilines is 3. The third-order valence-corrected chi connectivity index (χ3v) is 6.05. The van der Waals surface area contributed by atoms with Gasteiger partial charge in [0.2, 0.25) is 5.95 Å². The van der Waals surface area contributed by atoms with Gasteiger partial charge in [0.05, 0.1) is 12.6 Å². The molecule has 0 saturated carbocycles. The number of ether oxygens (including phenoxy) is 1. The average molecular weight is 502 g/mol. The van der Waals surface area contributed by atoms with E-state index in [-0.39, 0.29) is 17.8 Å². The minimum Gasteiger partial charge on any atom is -0.492 e. The smallest absolute Gasteiger partial charge is 0.421 e. The van der Waals surface area contributed by atoms with Gasteiger partial charge in [-0.3, -0.25) is 4.84 Å². The molecule has 2 heterocycles. The van der Waals surface area contributed by atoms with Crippen LogP contribution in [0.5, 0.6) is 5.75 Å². The fourth-order valence-electron chi connectivity index (χ4n) is 4.05. The number of aromatic nitrogens is 2. The highest BCUT2D eigenvalue weighted by Crippen LogP contribution is 2.41. The first-order chi connectivity index (χ1) is 17.4. The Morgan fingerprint density at radius 1 is 1.08 bits per heavy atom. The topological polar surface area (TPSA) is 62.8 Å². The third-order valence-electron chi connectivity index (χ3n) is 6.05. The summed E-state index contributed by atoms with van der Waals surface area (Å²) in [6.07, 6.45) is -3.30. The van der Waals surface area contributed by atoms with Crippen LogP contribution in [0.2, 0.25) is 0 Å². The molecule has 1 aliphatic rings. The number of nitrogens with zero attached hydrogens (tertiary/aromatic N) is 4.